The normalized spacial score (nSPS) is 11.0. The van der Waals surface area contributed by atoms with Crippen LogP contribution in [0.3, 0.4) is 0 Å². The summed E-state index contributed by atoms with van der Waals surface area (Å²) in [5.74, 6) is -1.58. The minimum Gasteiger partial charge on any atom is -0.478 e. The van der Waals surface area contributed by atoms with E-state index in [0.717, 1.165) is 5.56 Å². The Bertz CT molecular complexity index is 1220. The van der Waals surface area contributed by atoms with Gasteiger partial charge in [-0.05, 0) is 48.4 Å². The van der Waals surface area contributed by atoms with Gasteiger partial charge in [-0.15, -0.1) is 0 Å². The Labute approximate surface area is 165 Å². The first-order valence-electron chi connectivity index (χ1n) is 8.50. The second-order valence-electron chi connectivity index (χ2n) is 6.35. The quantitative estimate of drug-likeness (QED) is 0.450. The van der Waals surface area contributed by atoms with Gasteiger partial charge in [0.15, 0.2) is 0 Å². The third kappa shape index (κ3) is 3.10. The molecule has 0 aliphatic carbocycles. The number of carboxylic acid groups (broad SMARTS) is 1. The van der Waals surface area contributed by atoms with Crippen molar-refractivity contribution in [2.24, 2.45) is 0 Å². The Morgan fingerprint density at radius 3 is 2.46 bits per heavy atom. The molecule has 0 saturated carbocycles. The zero-order valence-corrected chi connectivity index (χ0v) is 15.5. The lowest BCUT2D eigenvalue weighted by atomic mass is 9.96. The standard InChI is InChI=1S/C22H14ClFN2O2/c1-12-19(22(27)28)17-11-15(23)8-9-18(17)26-20(12)14-6-4-13(5-7-14)16-3-2-10-25-21(16)24/h2-11H,1H3,(H,27,28). The molecule has 0 fully saturated rings. The van der Waals surface area contributed by atoms with Crippen LogP contribution in [-0.2, 0) is 0 Å². The maximum atomic E-state index is 13.9. The van der Waals surface area contributed by atoms with Crippen molar-refractivity contribution in [2.45, 2.75) is 6.92 Å². The Morgan fingerprint density at radius 2 is 1.79 bits per heavy atom. The van der Waals surface area contributed by atoms with Gasteiger partial charge in [0, 0.05) is 27.7 Å². The van der Waals surface area contributed by atoms with Crippen molar-refractivity contribution in [3.05, 3.63) is 82.9 Å². The molecule has 4 nitrogen and oxygen atoms in total. The first kappa shape index (κ1) is 18.1. The molecule has 0 aliphatic rings. The van der Waals surface area contributed by atoms with Crippen LogP contribution in [0.2, 0.25) is 5.02 Å². The zero-order valence-electron chi connectivity index (χ0n) is 14.8. The Balaban J connectivity index is 1.88. The van der Waals surface area contributed by atoms with Crippen molar-refractivity contribution < 1.29 is 14.3 Å². The van der Waals surface area contributed by atoms with Gasteiger partial charge < -0.3 is 5.11 Å². The maximum Gasteiger partial charge on any atom is 0.336 e. The van der Waals surface area contributed by atoms with Crippen molar-refractivity contribution in [2.75, 3.05) is 0 Å². The number of hydrogen-bond acceptors (Lipinski definition) is 3. The first-order valence-corrected chi connectivity index (χ1v) is 8.88. The number of fused-ring (bicyclic) bond motifs is 1. The van der Waals surface area contributed by atoms with E-state index < -0.39 is 11.9 Å². The number of aromatic carboxylic acids is 1. The summed E-state index contributed by atoms with van der Waals surface area (Å²) < 4.78 is 13.9. The molecule has 0 radical (unpaired) electrons. The zero-order chi connectivity index (χ0) is 19.8. The summed E-state index contributed by atoms with van der Waals surface area (Å²) in [5, 5.41) is 10.7. The molecular formula is C22H14ClFN2O2. The van der Waals surface area contributed by atoms with Gasteiger partial charge in [-0.1, -0.05) is 35.9 Å². The van der Waals surface area contributed by atoms with Crippen molar-refractivity contribution in [3.63, 3.8) is 0 Å². The molecule has 2 aromatic carbocycles. The monoisotopic (exact) mass is 392 g/mol. The molecule has 2 heterocycles. The highest BCUT2D eigenvalue weighted by Crippen LogP contribution is 2.32. The van der Waals surface area contributed by atoms with E-state index in [9.17, 15) is 14.3 Å². The highest BCUT2D eigenvalue weighted by atomic mass is 35.5. The number of hydrogen-bond donors (Lipinski definition) is 1. The summed E-state index contributed by atoms with van der Waals surface area (Å²) in [5.41, 5.74) is 3.64. The third-order valence-corrected chi connectivity index (χ3v) is 4.87. The topological polar surface area (TPSA) is 63.1 Å². The van der Waals surface area contributed by atoms with Gasteiger partial charge in [0.2, 0.25) is 5.95 Å². The van der Waals surface area contributed by atoms with Gasteiger partial charge in [-0.3, -0.25) is 0 Å². The number of carboxylic acids is 1. The van der Waals surface area contributed by atoms with E-state index in [1.54, 1.807) is 61.5 Å². The molecule has 1 N–H and O–H groups in total. The molecule has 0 amide bonds. The molecule has 0 saturated heterocycles. The average Bonchev–Trinajstić information content (AvgIpc) is 2.68. The lowest BCUT2D eigenvalue weighted by Gasteiger charge is -2.13. The van der Waals surface area contributed by atoms with Crippen LogP contribution in [0.15, 0.2) is 60.8 Å². The van der Waals surface area contributed by atoms with E-state index in [2.05, 4.69) is 9.97 Å². The summed E-state index contributed by atoms with van der Waals surface area (Å²) in [6, 6.07) is 15.4. The maximum absolute atomic E-state index is 13.9. The van der Waals surface area contributed by atoms with E-state index in [1.165, 1.54) is 6.20 Å². The average molecular weight is 393 g/mol. The number of nitrogens with zero attached hydrogens (tertiary/aromatic N) is 2. The minimum atomic E-state index is -1.04. The Kier molecular flexibility index (Phi) is 4.53. The number of halogens is 2. The van der Waals surface area contributed by atoms with Crippen LogP contribution >= 0.6 is 11.6 Å². The fourth-order valence-corrected chi connectivity index (χ4v) is 3.47. The summed E-state index contributed by atoms with van der Waals surface area (Å²) in [4.78, 5) is 20.2. The second-order valence-corrected chi connectivity index (χ2v) is 6.78. The van der Waals surface area contributed by atoms with E-state index in [0.29, 0.717) is 38.3 Å². The lowest BCUT2D eigenvalue weighted by Crippen LogP contribution is -2.05. The van der Waals surface area contributed by atoms with Crippen molar-refractivity contribution in [1.29, 1.82) is 0 Å². The van der Waals surface area contributed by atoms with Crippen LogP contribution in [0, 0.1) is 12.9 Å². The highest BCUT2D eigenvalue weighted by molar-refractivity contribution is 6.31. The summed E-state index contributed by atoms with van der Waals surface area (Å²) >= 11 is 6.04. The fraction of sp³-hybridized carbons (Fsp3) is 0.0455. The van der Waals surface area contributed by atoms with E-state index in [1.807, 2.05) is 0 Å². The van der Waals surface area contributed by atoms with Crippen LogP contribution in [0.4, 0.5) is 4.39 Å². The largest absolute Gasteiger partial charge is 0.478 e. The number of pyridine rings is 2. The lowest BCUT2D eigenvalue weighted by molar-refractivity contribution is 0.0698. The smallest absolute Gasteiger partial charge is 0.336 e. The van der Waals surface area contributed by atoms with E-state index in [-0.39, 0.29) is 5.56 Å². The first-order chi connectivity index (χ1) is 13.5. The predicted octanol–water partition coefficient (Wildman–Crippen LogP) is 5.76. The number of benzene rings is 2. The van der Waals surface area contributed by atoms with E-state index in [4.69, 9.17) is 11.6 Å². The predicted molar refractivity (Wildman–Crippen MR) is 107 cm³/mol. The van der Waals surface area contributed by atoms with Gasteiger partial charge in [0.25, 0.3) is 0 Å². The molecule has 0 bridgehead atoms. The molecule has 0 aliphatic heterocycles. The minimum absolute atomic E-state index is 0.171. The van der Waals surface area contributed by atoms with Crippen molar-refractivity contribution in [3.8, 4) is 22.4 Å². The number of carbonyl (C=O) groups is 1. The molecule has 0 atom stereocenters. The van der Waals surface area contributed by atoms with Gasteiger partial charge in [0.05, 0.1) is 16.8 Å². The van der Waals surface area contributed by atoms with Crippen LogP contribution < -0.4 is 0 Å². The second kappa shape index (κ2) is 7.02. The van der Waals surface area contributed by atoms with Crippen LogP contribution in [0.25, 0.3) is 33.3 Å². The molecule has 2 aromatic heterocycles. The molecule has 4 rings (SSSR count). The Morgan fingerprint density at radius 1 is 1.07 bits per heavy atom. The van der Waals surface area contributed by atoms with Crippen LogP contribution in [0.1, 0.15) is 15.9 Å². The molecule has 138 valence electrons. The van der Waals surface area contributed by atoms with Gasteiger partial charge in [-0.25, -0.2) is 14.8 Å². The third-order valence-electron chi connectivity index (χ3n) is 4.63. The van der Waals surface area contributed by atoms with Crippen molar-refractivity contribution >= 4 is 28.5 Å². The Hall–Kier alpha value is -3.31. The SMILES string of the molecule is Cc1c(-c2ccc(-c3cccnc3F)cc2)nc2ccc(Cl)cc2c1C(=O)O. The summed E-state index contributed by atoms with van der Waals surface area (Å²) in [7, 11) is 0. The van der Waals surface area contributed by atoms with Gasteiger partial charge in [0.1, 0.15) is 0 Å². The summed E-state index contributed by atoms with van der Waals surface area (Å²) in [6.07, 6.45) is 1.40. The van der Waals surface area contributed by atoms with Gasteiger partial charge >= 0.3 is 5.97 Å². The fourth-order valence-electron chi connectivity index (χ4n) is 3.30. The number of rotatable bonds is 3. The summed E-state index contributed by atoms with van der Waals surface area (Å²) in [6.45, 7) is 1.72. The molecule has 0 spiro atoms. The molecule has 28 heavy (non-hydrogen) atoms. The molecule has 4 aromatic rings. The van der Waals surface area contributed by atoms with Crippen LogP contribution in [-0.4, -0.2) is 21.0 Å². The van der Waals surface area contributed by atoms with Gasteiger partial charge in [-0.2, -0.15) is 4.39 Å². The van der Waals surface area contributed by atoms with Crippen molar-refractivity contribution in [1.82, 2.24) is 9.97 Å². The van der Waals surface area contributed by atoms with E-state index >= 15 is 0 Å². The number of aromatic nitrogens is 2. The van der Waals surface area contributed by atoms with Crippen LogP contribution in [0.5, 0.6) is 0 Å². The molecule has 0 unspecified atom stereocenters. The highest BCUT2D eigenvalue weighted by Gasteiger charge is 2.18. The molecular weight excluding hydrogens is 379 g/mol. The molecule has 6 heteroatoms.